The standard InChI is InChI=1S/C18H28N4O3.CH4/c19-9-3-1-2-6-15(23)21-16(18(25)22-12-4-5-13-22)17(24)14-7-10-20-11-8-14;/h7-8,10-11,16-17,24H,1-6,9,12-13,19H2,(H,21,23);1H4/t16-,17+;/m1./s1. The van der Waals surface area contributed by atoms with Gasteiger partial charge in [-0.1, -0.05) is 13.8 Å². The van der Waals surface area contributed by atoms with E-state index in [2.05, 4.69) is 10.3 Å². The summed E-state index contributed by atoms with van der Waals surface area (Å²) in [6.45, 7) is 1.95. The minimum absolute atomic E-state index is 0. The SMILES string of the molecule is C.NCCCCCC(=O)N[C@@H](C(=O)N1CCCC1)[C@@H](O)c1ccncc1. The van der Waals surface area contributed by atoms with Crippen molar-refractivity contribution in [1.29, 1.82) is 0 Å². The second kappa shape index (κ2) is 11.6. The van der Waals surface area contributed by atoms with Crippen molar-refractivity contribution in [1.82, 2.24) is 15.2 Å². The Hall–Kier alpha value is -1.99. The van der Waals surface area contributed by atoms with Crippen LogP contribution in [0.3, 0.4) is 0 Å². The van der Waals surface area contributed by atoms with Crippen molar-refractivity contribution in [2.45, 2.75) is 58.1 Å². The Morgan fingerprint density at radius 1 is 1.19 bits per heavy atom. The van der Waals surface area contributed by atoms with Crippen molar-refractivity contribution < 1.29 is 14.7 Å². The van der Waals surface area contributed by atoms with E-state index < -0.39 is 12.1 Å². The summed E-state index contributed by atoms with van der Waals surface area (Å²) in [5.41, 5.74) is 6.02. The summed E-state index contributed by atoms with van der Waals surface area (Å²) in [6.07, 6.45) is 6.74. The lowest BCUT2D eigenvalue weighted by molar-refractivity contribution is -0.139. The second-order valence-corrected chi connectivity index (χ2v) is 6.40. The zero-order valence-corrected chi connectivity index (χ0v) is 14.6. The Morgan fingerprint density at radius 2 is 1.85 bits per heavy atom. The second-order valence-electron chi connectivity index (χ2n) is 6.40. The average Bonchev–Trinajstić information content (AvgIpc) is 3.18. The molecule has 1 aromatic heterocycles. The summed E-state index contributed by atoms with van der Waals surface area (Å²) in [5.74, 6) is -0.445. The number of pyridine rings is 1. The van der Waals surface area contributed by atoms with E-state index >= 15 is 0 Å². The van der Waals surface area contributed by atoms with E-state index in [0.29, 0.717) is 31.6 Å². The van der Waals surface area contributed by atoms with E-state index in [4.69, 9.17) is 5.73 Å². The van der Waals surface area contributed by atoms with Crippen LogP contribution in [0.15, 0.2) is 24.5 Å². The molecule has 1 aromatic rings. The van der Waals surface area contributed by atoms with Gasteiger partial charge in [0.25, 0.3) is 0 Å². The molecule has 0 bridgehead atoms. The van der Waals surface area contributed by atoms with E-state index in [0.717, 1.165) is 32.1 Å². The number of nitrogens with two attached hydrogens (primary N) is 1. The molecule has 2 rings (SSSR count). The number of amides is 2. The van der Waals surface area contributed by atoms with Crippen LogP contribution in [-0.2, 0) is 9.59 Å². The molecule has 7 nitrogen and oxygen atoms in total. The molecule has 146 valence electrons. The molecule has 2 heterocycles. The van der Waals surface area contributed by atoms with Crippen LogP contribution in [0.1, 0.15) is 57.6 Å². The number of carbonyl (C=O) groups excluding carboxylic acids is 2. The lowest BCUT2D eigenvalue weighted by Crippen LogP contribution is -2.51. The van der Waals surface area contributed by atoms with E-state index in [-0.39, 0.29) is 19.2 Å². The number of aliphatic hydroxyl groups excluding tert-OH is 1. The normalized spacial score (nSPS) is 15.8. The van der Waals surface area contributed by atoms with Crippen molar-refractivity contribution >= 4 is 11.8 Å². The zero-order valence-electron chi connectivity index (χ0n) is 14.6. The van der Waals surface area contributed by atoms with Crippen molar-refractivity contribution in [2.24, 2.45) is 5.73 Å². The molecule has 2 atom stereocenters. The van der Waals surface area contributed by atoms with Gasteiger partial charge in [0.05, 0.1) is 0 Å². The van der Waals surface area contributed by atoms with Gasteiger partial charge in [0.15, 0.2) is 0 Å². The molecule has 0 radical (unpaired) electrons. The number of rotatable bonds is 9. The molecule has 1 aliphatic rings. The van der Waals surface area contributed by atoms with Gasteiger partial charge in [0.2, 0.25) is 11.8 Å². The lowest BCUT2D eigenvalue weighted by Gasteiger charge is -2.28. The van der Waals surface area contributed by atoms with Crippen LogP contribution in [0, 0.1) is 0 Å². The highest BCUT2D eigenvalue weighted by atomic mass is 16.3. The molecule has 0 spiro atoms. The first-order valence-electron chi connectivity index (χ1n) is 8.99. The van der Waals surface area contributed by atoms with Crippen LogP contribution in [0.5, 0.6) is 0 Å². The van der Waals surface area contributed by atoms with Crippen molar-refractivity contribution in [3.8, 4) is 0 Å². The predicted octanol–water partition coefficient (Wildman–Crippen LogP) is 1.38. The molecule has 1 saturated heterocycles. The number of likely N-dealkylation sites (tertiary alicyclic amines) is 1. The maximum absolute atomic E-state index is 12.8. The summed E-state index contributed by atoms with van der Waals surface area (Å²) in [5, 5.41) is 13.4. The van der Waals surface area contributed by atoms with Crippen molar-refractivity contribution in [2.75, 3.05) is 19.6 Å². The summed E-state index contributed by atoms with van der Waals surface area (Å²) in [6, 6.07) is 2.34. The van der Waals surface area contributed by atoms with E-state index in [1.807, 2.05) is 0 Å². The van der Waals surface area contributed by atoms with Crippen LogP contribution in [0.4, 0.5) is 0 Å². The fourth-order valence-electron chi connectivity index (χ4n) is 3.02. The quantitative estimate of drug-likeness (QED) is 0.574. The Kier molecular flexibility index (Phi) is 9.83. The first-order valence-corrected chi connectivity index (χ1v) is 8.99. The van der Waals surface area contributed by atoms with Crippen molar-refractivity contribution in [3.63, 3.8) is 0 Å². The van der Waals surface area contributed by atoms with Gasteiger partial charge in [-0.05, 0) is 49.9 Å². The predicted molar refractivity (Wildman–Crippen MR) is 101 cm³/mol. The topological polar surface area (TPSA) is 109 Å². The molecule has 0 saturated carbocycles. The van der Waals surface area contributed by atoms with E-state index in [1.165, 1.54) is 0 Å². The number of hydrogen-bond donors (Lipinski definition) is 3. The first-order chi connectivity index (χ1) is 12.1. The molecule has 2 amide bonds. The van der Waals surface area contributed by atoms with E-state index in [9.17, 15) is 14.7 Å². The molecular weight excluding hydrogens is 332 g/mol. The maximum atomic E-state index is 12.8. The third-order valence-corrected chi connectivity index (χ3v) is 4.47. The zero-order chi connectivity index (χ0) is 18.1. The lowest BCUT2D eigenvalue weighted by atomic mass is 10.0. The Balaban J connectivity index is 0.00000338. The Morgan fingerprint density at radius 3 is 2.46 bits per heavy atom. The number of unbranched alkanes of at least 4 members (excludes halogenated alkanes) is 2. The van der Waals surface area contributed by atoms with Crippen molar-refractivity contribution in [3.05, 3.63) is 30.1 Å². The van der Waals surface area contributed by atoms with Gasteiger partial charge in [-0.3, -0.25) is 14.6 Å². The summed E-state index contributed by atoms with van der Waals surface area (Å²) >= 11 is 0. The maximum Gasteiger partial charge on any atom is 0.248 e. The molecule has 0 unspecified atom stereocenters. The molecule has 7 heteroatoms. The average molecular weight is 364 g/mol. The number of nitrogens with zero attached hydrogens (tertiary/aromatic N) is 2. The monoisotopic (exact) mass is 364 g/mol. The van der Waals surface area contributed by atoms with Gasteiger partial charge in [0.1, 0.15) is 12.1 Å². The van der Waals surface area contributed by atoms with Gasteiger partial charge in [0, 0.05) is 31.9 Å². The fraction of sp³-hybridized carbons (Fsp3) is 0.632. The molecular formula is C19H32N4O3. The van der Waals surface area contributed by atoms with Crippen LogP contribution in [0.2, 0.25) is 0 Å². The molecule has 0 aromatic carbocycles. The summed E-state index contributed by atoms with van der Waals surface area (Å²) < 4.78 is 0. The number of aliphatic hydroxyl groups is 1. The minimum Gasteiger partial charge on any atom is -0.386 e. The molecule has 1 fully saturated rings. The van der Waals surface area contributed by atoms with Gasteiger partial charge in [-0.25, -0.2) is 0 Å². The number of nitrogens with one attached hydrogen (secondary N) is 1. The van der Waals surface area contributed by atoms with Crippen LogP contribution in [-0.4, -0.2) is 52.5 Å². The Labute approximate surface area is 156 Å². The fourth-order valence-corrected chi connectivity index (χ4v) is 3.02. The number of aromatic nitrogens is 1. The number of hydrogen-bond acceptors (Lipinski definition) is 5. The molecule has 1 aliphatic heterocycles. The highest BCUT2D eigenvalue weighted by molar-refractivity contribution is 5.88. The van der Waals surface area contributed by atoms with E-state index in [1.54, 1.807) is 29.4 Å². The molecule has 0 aliphatic carbocycles. The van der Waals surface area contributed by atoms with Gasteiger partial charge in [-0.2, -0.15) is 0 Å². The summed E-state index contributed by atoms with van der Waals surface area (Å²) in [4.78, 5) is 30.7. The number of carbonyl (C=O) groups is 2. The highest BCUT2D eigenvalue weighted by Gasteiger charge is 2.33. The minimum atomic E-state index is -1.09. The van der Waals surface area contributed by atoms with Gasteiger partial charge >= 0.3 is 0 Å². The van der Waals surface area contributed by atoms with Crippen LogP contribution >= 0.6 is 0 Å². The molecule has 4 N–H and O–H groups in total. The Bertz CT molecular complexity index is 547. The summed E-state index contributed by atoms with van der Waals surface area (Å²) in [7, 11) is 0. The van der Waals surface area contributed by atoms with Gasteiger partial charge in [-0.15, -0.1) is 0 Å². The molecule has 26 heavy (non-hydrogen) atoms. The smallest absolute Gasteiger partial charge is 0.248 e. The third-order valence-electron chi connectivity index (χ3n) is 4.47. The van der Waals surface area contributed by atoms with Crippen LogP contribution in [0.25, 0.3) is 0 Å². The largest absolute Gasteiger partial charge is 0.386 e. The van der Waals surface area contributed by atoms with Crippen LogP contribution < -0.4 is 11.1 Å². The first kappa shape index (κ1) is 22.1. The van der Waals surface area contributed by atoms with Gasteiger partial charge < -0.3 is 21.1 Å². The highest BCUT2D eigenvalue weighted by Crippen LogP contribution is 2.20. The third kappa shape index (κ3) is 6.38.